The van der Waals surface area contributed by atoms with Crippen molar-refractivity contribution in [2.45, 2.75) is 111 Å². The van der Waals surface area contributed by atoms with Gasteiger partial charge in [0.2, 0.25) is 0 Å². The molecule has 0 aromatic heterocycles. The molecule has 0 amide bonds. The lowest BCUT2D eigenvalue weighted by Gasteiger charge is -2.62. The summed E-state index contributed by atoms with van der Waals surface area (Å²) in [5.41, 5.74) is 0.674. The van der Waals surface area contributed by atoms with Crippen LogP contribution in [0.15, 0.2) is 0 Å². The van der Waals surface area contributed by atoms with Crippen LogP contribution in [0.5, 0.6) is 0 Å². The van der Waals surface area contributed by atoms with Crippen LogP contribution in [0.2, 0.25) is 0 Å². The Morgan fingerprint density at radius 3 is 2.27 bits per heavy atom. The summed E-state index contributed by atoms with van der Waals surface area (Å²) in [6.45, 7) is 10.0. The third kappa shape index (κ3) is 3.79. The second kappa shape index (κ2) is 8.67. The van der Waals surface area contributed by atoms with Gasteiger partial charge >= 0.3 is 0 Å². The molecule has 3 N–H and O–H groups in total. The lowest BCUT2D eigenvalue weighted by atomic mass is 9.44. The average Bonchev–Trinajstić information content (AvgIpc) is 3.06. The second-order valence-electron chi connectivity index (χ2n) is 12.6. The summed E-state index contributed by atoms with van der Waals surface area (Å²) in [6.07, 6.45) is 12.5. The fourth-order valence-electron chi connectivity index (χ4n) is 9.33. The number of rotatable bonds is 6. The van der Waals surface area contributed by atoms with Gasteiger partial charge in [-0.15, -0.1) is 0 Å². The van der Waals surface area contributed by atoms with Crippen LogP contribution < -0.4 is 0 Å². The Hall–Kier alpha value is -0.120. The van der Waals surface area contributed by atoms with Crippen molar-refractivity contribution in [1.82, 2.24) is 0 Å². The Labute approximate surface area is 185 Å². The fraction of sp³-hybridized carbons (Fsp3) is 1.00. The quantitative estimate of drug-likeness (QED) is 0.538. The van der Waals surface area contributed by atoms with Crippen molar-refractivity contribution in [1.29, 1.82) is 0 Å². The Morgan fingerprint density at radius 1 is 0.833 bits per heavy atom. The Bertz CT molecular complexity index is 593. The minimum absolute atomic E-state index is 0.201. The van der Waals surface area contributed by atoms with Gasteiger partial charge in [0, 0.05) is 6.61 Å². The first-order valence-corrected chi connectivity index (χ1v) is 13.2. The smallest absolute Gasteiger partial charge is 0.0577 e. The molecule has 3 heteroatoms. The first kappa shape index (κ1) is 23.1. The van der Waals surface area contributed by atoms with Crippen LogP contribution in [0.4, 0.5) is 0 Å². The molecule has 0 aromatic carbocycles. The molecule has 0 aromatic rings. The molecule has 0 bridgehead atoms. The Morgan fingerprint density at radius 2 is 1.53 bits per heavy atom. The summed E-state index contributed by atoms with van der Waals surface area (Å²) in [4.78, 5) is 0. The molecule has 11 atom stereocenters. The predicted molar refractivity (Wildman–Crippen MR) is 122 cm³/mol. The first-order valence-electron chi connectivity index (χ1n) is 13.2. The zero-order valence-corrected chi connectivity index (χ0v) is 20.0. The van der Waals surface area contributed by atoms with Crippen molar-refractivity contribution < 1.29 is 15.3 Å². The summed E-state index contributed by atoms with van der Waals surface area (Å²) >= 11 is 0. The van der Waals surface area contributed by atoms with E-state index < -0.39 is 0 Å². The molecule has 4 unspecified atom stereocenters. The van der Waals surface area contributed by atoms with Crippen LogP contribution in [0, 0.1) is 52.3 Å². The summed E-state index contributed by atoms with van der Waals surface area (Å²) in [6, 6.07) is 0. The van der Waals surface area contributed by atoms with Crippen LogP contribution in [-0.2, 0) is 0 Å². The molecule has 4 aliphatic rings. The van der Waals surface area contributed by atoms with Gasteiger partial charge < -0.3 is 15.3 Å². The van der Waals surface area contributed by atoms with E-state index in [4.69, 9.17) is 0 Å². The molecule has 0 heterocycles. The van der Waals surface area contributed by atoms with E-state index in [2.05, 4.69) is 27.7 Å². The largest absolute Gasteiger partial charge is 0.396 e. The highest BCUT2D eigenvalue weighted by molar-refractivity contribution is 5.11. The lowest BCUT2D eigenvalue weighted by Crippen LogP contribution is -2.58. The van der Waals surface area contributed by atoms with E-state index in [1.54, 1.807) is 0 Å². The minimum atomic E-state index is -0.218. The van der Waals surface area contributed by atoms with Gasteiger partial charge in [0.25, 0.3) is 0 Å². The molecule has 0 aliphatic heterocycles. The predicted octanol–water partition coefficient (Wildman–Crippen LogP) is 5.41. The molecule has 0 spiro atoms. The third-order valence-corrected chi connectivity index (χ3v) is 11.1. The zero-order valence-electron chi connectivity index (χ0n) is 20.0. The van der Waals surface area contributed by atoms with E-state index in [1.165, 1.54) is 38.5 Å². The maximum absolute atomic E-state index is 11.2. The van der Waals surface area contributed by atoms with Gasteiger partial charge in [-0.1, -0.05) is 40.5 Å². The standard InChI is InChI=1S/C27H48O3/c1-17(16-28)6-5-7-18(2)21-8-9-22-20-15-25(30)24-14-19(29)10-12-27(24,4)23(20)11-13-26(21,22)3/h17-25,28-30H,5-16H2,1-4H3/t17?,18-,19?,20+,21-,22+,23+,24?,25?,26-,27-/m1/s1. The average molecular weight is 421 g/mol. The van der Waals surface area contributed by atoms with E-state index >= 15 is 0 Å². The van der Waals surface area contributed by atoms with E-state index in [-0.39, 0.29) is 17.6 Å². The van der Waals surface area contributed by atoms with Crippen molar-refractivity contribution in [3.8, 4) is 0 Å². The highest BCUT2D eigenvalue weighted by Gasteiger charge is 2.62. The van der Waals surface area contributed by atoms with Crippen LogP contribution in [0.1, 0.15) is 98.3 Å². The van der Waals surface area contributed by atoms with Gasteiger partial charge in [-0.3, -0.25) is 0 Å². The van der Waals surface area contributed by atoms with Crippen LogP contribution in [0.25, 0.3) is 0 Å². The van der Waals surface area contributed by atoms with E-state index in [0.29, 0.717) is 29.8 Å². The summed E-state index contributed by atoms with van der Waals surface area (Å²) in [5.74, 6) is 4.53. The number of aliphatic hydroxyl groups is 3. The molecule has 4 rings (SSSR count). The van der Waals surface area contributed by atoms with Gasteiger partial charge in [-0.05, 0) is 110 Å². The summed E-state index contributed by atoms with van der Waals surface area (Å²) < 4.78 is 0. The van der Waals surface area contributed by atoms with Crippen molar-refractivity contribution in [2.75, 3.05) is 6.61 Å². The molecule has 4 fully saturated rings. The van der Waals surface area contributed by atoms with Crippen molar-refractivity contribution >= 4 is 0 Å². The van der Waals surface area contributed by atoms with Crippen LogP contribution in [-0.4, -0.2) is 34.1 Å². The Kier molecular flexibility index (Phi) is 6.66. The molecule has 0 saturated heterocycles. The first-order chi connectivity index (χ1) is 14.2. The van der Waals surface area contributed by atoms with Gasteiger partial charge in [-0.25, -0.2) is 0 Å². The van der Waals surface area contributed by atoms with Crippen molar-refractivity contribution in [2.24, 2.45) is 52.3 Å². The maximum atomic E-state index is 11.2. The van der Waals surface area contributed by atoms with Crippen LogP contribution >= 0.6 is 0 Å². The van der Waals surface area contributed by atoms with E-state index in [9.17, 15) is 15.3 Å². The number of hydrogen-bond donors (Lipinski definition) is 3. The van der Waals surface area contributed by atoms with Gasteiger partial charge in [0.1, 0.15) is 0 Å². The molecule has 4 aliphatic carbocycles. The normalized spacial score (nSPS) is 50.3. The summed E-state index contributed by atoms with van der Waals surface area (Å²) in [7, 11) is 0. The number of hydrogen-bond acceptors (Lipinski definition) is 3. The fourth-order valence-corrected chi connectivity index (χ4v) is 9.33. The molecule has 4 saturated carbocycles. The molecule has 3 nitrogen and oxygen atoms in total. The topological polar surface area (TPSA) is 60.7 Å². The second-order valence-corrected chi connectivity index (χ2v) is 12.6. The van der Waals surface area contributed by atoms with E-state index in [0.717, 1.165) is 55.8 Å². The SMILES string of the molecule is CC(CO)CCC[C@@H](C)[C@H]1CC[C@H]2[C@@H]3CC(O)C4CC(O)CC[C@]4(C)[C@H]3CC[C@]12C. The van der Waals surface area contributed by atoms with Crippen molar-refractivity contribution in [3.05, 3.63) is 0 Å². The molecule has 0 radical (unpaired) electrons. The van der Waals surface area contributed by atoms with E-state index in [1.807, 2.05) is 0 Å². The molecular formula is C27H48O3. The Balaban J connectivity index is 1.47. The summed E-state index contributed by atoms with van der Waals surface area (Å²) in [5, 5.41) is 30.7. The van der Waals surface area contributed by atoms with Crippen LogP contribution in [0.3, 0.4) is 0 Å². The monoisotopic (exact) mass is 420 g/mol. The number of aliphatic hydroxyl groups excluding tert-OH is 3. The molecular weight excluding hydrogens is 372 g/mol. The third-order valence-electron chi connectivity index (χ3n) is 11.1. The lowest BCUT2D eigenvalue weighted by molar-refractivity contribution is -0.172. The van der Waals surface area contributed by atoms with Gasteiger partial charge in [0.05, 0.1) is 12.2 Å². The maximum Gasteiger partial charge on any atom is 0.0577 e. The molecule has 174 valence electrons. The minimum Gasteiger partial charge on any atom is -0.396 e. The zero-order chi connectivity index (χ0) is 21.7. The highest BCUT2D eigenvalue weighted by Crippen LogP contribution is 2.68. The number of fused-ring (bicyclic) bond motifs is 5. The van der Waals surface area contributed by atoms with Gasteiger partial charge in [0.15, 0.2) is 0 Å². The molecule has 30 heavy (non-hydrogen) atoms. The van der Waals surface area contributed by atoms with Gasteiger partial charge in [-0.2, -0.15) is 0 Å². The highest BCUT2D eigenvalue weighted by atomic mass is 16.3. The van der Waals surface area contributed by atoms with Crippen molar-refractivity contribution in [3.63, 3.8) is 0 Å².